The molecule has 0 bridgehead atoms. The highest BCUT2D eigenvalue weighted by atomic mass is 35.5. The number of hydrogen-bond acceptors (Lipinski definition) is 4. The van der Waals surface area contributed by atoms with Crippen LogP contribution in [0.25, 0.3) is 32.1 Å². The van der Waals surface area contributed by atoms with Gasteiger partial charge in [0.05, 0.1) is 12.1 Å². The van der Waals surface area contributed by atoms with Crippen LogP contribution in [0.1, 0.15) is 36.5 Å². The van der Waals surface area contributed by atoms with Crippen molar-refractivity contribution in [1.82, 2.24) is 10.3 Å². The van der Waals surface area contributed by atoms with E-state index in [1.807, 2.05) is 43.6 Å². The van der Waals surface area contributed by atoms with Gasteiger partial charge in [-0.25, -0.2) is 4.39 Å². The second-order valence-electron chi connectivity index (χ2n) is 8.40. The third kappa shape index (κ3) is 4.08. The van der Waals surface area contributed by atoms with E-state index in [0.717, 1.165) is 27.4 Å². The number of aliphatic hydroxyl groups excluding tert-OH is 1. The molecule has 170 valence electrons. The van der Waals surface area contributed by atoms with Crippen LogP contribution in [0.3, 0.4) is 0 Å². The smallest absolute Gasteiger partial charge is 0.266 e. The molecule has 4 nitrogen and oxygen atoms in total. The van der Waals surface area contributed by atoms with Gasteiger partial charge >= 0.3 is 0 Å². The minimum atomic E-state index is -0.255. The number of hydrogen-bond donors (Lipinski definition) is 3. The van der Waals surface area contributed by atoms with Gasteiger partial charge in [-0.1, -0.05) is 32.0 Å². The molecule has 1 atom stereocenters. The van der Waals surface area contributed by atoms with E-state index in [4.69, 9.17) is 0 Å². The zero-order valence-electron chi connectivity index (χ0n) is 18.6. The molecular formula is C25H28ClFN2O2S. The van der Waals surface area contributed by atoms with Gasteiger partial charge in [0.25, 0.3) is 5.56 Å². The van der Waals surface area contributed by atoms with E-state index < -0.39 is 0 Å². The fourth-order valence-electron chi connectivity index (χ4n) is 4.53. The molecule has 2 aromatic carbocycles. The van der Waals surface area contributed by atoms with E-state index in [2.05, 4.69) is 24.1 Å². The SMILES string of the molecule is CNCC(c1ccc(-c2c(CO)cc(C)c3[nH]c(=O)c4sccc4c23)cc1F)C(C)C.Cl. The lowest BCUT2D eigenvalue weighted by molar-refractivity contribution is 0.282. The number of H-pyrrole nitrogens is 1. The van der Waals surface area contributed by atoms with E-state index in [0.29, 0.717) is 27.9 Å². The summed E-state index contributed by atoms with van der Waals surface area (Å²) in [4.78, 5) is 15.5. The van der Waals surface area contributed by atoms with Crippen LogP contribution in [0.4, 0.5) is 4.39 Å². The lowest BCUT2D eigenvalue weighted by atomic mass is 9.85. The van der Waals surface area contributed by atoms with Gasteiger partial charge < -0.3 is 15.4 Å². The number of likely N-dealkylation sites (N-methyl/N-ethyl adjacent to an activating group) is 1. The molecule has 7 heteroatoms. The van der Waals surface area contributed by atoms with Crippen molar-refractivity contribution in [3.05, 3.63) is 68.6 Å². The molecule has 0 saturated carbocycles. The van der Waals surface area contributed by atoms with Gasteiger partial charge in [0.2, 0.25) is 0 Å². The van der Waals surface area contributed by atoms with E-state index in [1.165, 1.54) is 11.3 Å². The molecule has 1 unspecified atom stereocenters. The van der Waals surface area contributed by atoms with Crippen LogP contribution in [-0.4, -0.2) is 23.7 Å². The van der Waals surface area contributed by atoms with Gasteiger partial charge in [0.15, 0.2) is 0 Å². The van der Waals surface area contributed by atoms with Crippen molar-refractivity contribution < 1.29 is 9.50 Å². The number of halogens is 2. The normalized spacial score (nSPS) is 12.5. The number of rotatable bonds is 6. The summed E-state index contributed by atoms with van der Waals surface area (Å²) >= 11 is 1.38. The van der Waals surface area contributed by atoms with Crippen LogP contribution < -0.4 is 10.9 Å². The summed E-state index contributed by atoms with van der Waals surface area (Å²) in [7, 11) is 1.88. The lowest BCUT2D eigenvalue weighted by Gasteiger charge is -2.22. The summed E-state index contributed by atoms with van der Waals surface area (Å²) in [6.45, 7) is 6.62. The number of aromatic nitrogens is 1. The minimum absolute atomic E-state index is 0. The Balaban J connectivity index is 0.00000289. The summed E-state index contributed by atoms with van der Waals surface area (Å²) < 4.78 is 16.0. The highest BCUT2D eigenvalue weighted by Crippen LogP contribution is 2.39. The van der Waals surface area contributed by atoms with Gasteiger partial charge in [0.1, 0.15) is 10.5 Å². The van der Waals surface area contributed by atoms with Crippen LogP contribution in [0.5, 0.6) is 0 Å². The molecule has 0 aliphatic rings. The van der Waals surface area contributed by atoms with E-state index >= 15 is 4.39 Å². The highest BCUT2D eigenvalue weighted by molar-refractivity contribution is 7.17. The topological polar surface area (TPSA) is 65.1 Å². The number of pyridine rings is 1. The van der Waals surface area contributed by atoms with Crippen LogP contribution in [-0.2, 0) is 6.61 Å². The van der Waals surface area contributed by atoms with Gasteiger partial charge in [-0.2, -0.15) is 0 Å². The highest BCUT2D eigenvalue weighted by Gasteiger charge is 2.22. The quantitative estimate of drug-likeness (QED) is 0.334. The Labute approximate surface area is 196 Å². The molecule has 0 saturated heterocycles. The van der Waals surface area contributed by atoms with Crippen LogP contribution in [0.15, 0.2) is 40.5 Å². The second kappa shape index (κ2) is 9.71. The maximum Gasteiger partial charge on any atom is 0.266 e. The summed E-state index contributed by atoms with van der Waals surface area (Å²) in [5.74, 6) is 0.0950. The standard InChI is InChI=1S/C25H27FN2O2S.ClH/c1-13(2)19(11-27-4)17-6-5-15(10-20(17)26)21-16(12-29)9-14(3)23-22(21)18-7-8-31-24(18)25(30)28-23;/h5-10,13,19,27,29H,11-12H2,1-4H3,(H,28,30);1H. The van der Waals surface area contributed by atoms with Crippen molar-refractivity contribution in [2.24, 2.45) is 5.92 Å². The molecule has 4 rings (SSSR count). The number of benzene rings is 2. The third-order valence-corrected chi connectivity index (χ3v) is 6.99. The molecule has 0 radical (unpaired) electrons. The molecule has 3 N–H and O–H groups in total. The monoisotopic (exact) mass is 474 g/mol. The zero-order chi connectivity index (χ0) is 22.3. The average Bonchev–Trinajstić information content (AvgIpc) is 3.23. The minimum Gasteiger partial charge on any atom is -0.392 e. The first-order chi connectivity index (χ1) is 14.9. The summed E-state index contributed by atoms with van der Waals surface area (Å²) in [5, 5.41) is 16.9. The first-order valence-electron chi connectivity index (χ1n) is 10.5. The molecule has 0 amide bonds. The van der Waals surface area contributed by atoms with Crippen LogP contribution in [0, 0.1) is 18.7 Å². The number of fused-ring (bicyclic) bond motifs is 3. The summed E-state index contributed by atoms with van der Waals surface area (Å²) in [6.07, 6.45) is 0. The molecule has 2 heterocycles. The van der Waals surface area contributed by atoms with Crippen LogP contribution in [0.2, 0.25) is 0 Å². The molecule has 0 aliphatic heterocycles. The largest absolute Gasteiger partial charge is 0.392 e. The summed E-state index contributed by atoms with van der Waals surface area (Å²) in [6, 6.07) is 9.14. The van der Waals surface area contributed by atoms with Crippen molar-refractivity contribution in [3.8, 4) is 11.1 Å². The average molecular weight is 475 g/mol. The predicted octanol–water partition coefficient (Wildman–Crippen LogP) is 5.73. The number of aryl methyl sites for hydroxylation is 1. The molecule has 32 heavy (non-hydrogen) atoms. The zero-order valence-corrected chi connectivity index (χ0v) is 20.2. The Morgan fingerprint density at radius 2 is 1.97 bits per heavy atom. The maximum absolute atomic E-state index is 15.4. The van der Waals surface area contributed by atoms with Gasteiger partial charge in [0, 0.05) is 23.2 Å². The molecular weight excluding hydrogens is 447 g/mol. The predicted molar refractivity (Wildman–Crippen MR) is 135 cm³/mol. The third-order valence-electron chi connectivity index (χ3n) is 6.07. The van der Waals surface area contributed by atoms with Crippen molar-refractivity contribution in [3.63, 3.8) is 0 Å². The number of nitrogens with one attached hydrogen (secondary N) is 2. The number of aromatic amines is 1. The van der Waals surface area contributed by atoms with Crippen molar-refractivity contribution in [2.75, 3.05) is 13.6 Å². The Hall–Kier alpha value is -2.25. The Kier molecular flexibility index (Phi) is 7.40. The van der Waals surface area contributed by atoms with E-state index in [9.17, 15) is 9.90 Å². The second-order valence-corrected chi connectivity index (χ2v) is 9.31. The number of aliphatic hydroxyl groups is 1. The Morgan fingerprint density at radius 3 is 2.59 bits per heavy atom. The van der Waals surface area contributed by atoms with Crippen LogP contribution >= 0.6 is 23.7 Å². The van der Waals surface area contributed by atoms with E-state index in [-0.39, 0.29) is 42.2 Å². The van der Waals surface area contributed by atoms with Gasteiger partial charge in [-0.3, -0.25) is 4.79 Å². The number of thiophene rings is 1. The van der Waals surface area contributed by atoms with Gasteiger partial charge in [-0.05, 0) is 65.2 Å². The summed E-state index contributed by atoms with van der Waals surface area (Å²) in [5.41, 5.74) is 4.33. The van der Waals surface area contributed by atoms with Crippen molar-refractivity contribution in [1.29, 1.82) is 0 Å². The molecule has 0 aliphatic carbocycles. The van der Waals surface area contributed by atoms with E-state index in [1.54, 1.807) is 6.07 Å². The first kappa shape index (κ1) is 24.4. The van der Waals surface area contributed by atoms with Crippen molar-refractivity contribution >= 4 is 44.7 Å². The maximum atomic E-state index is 15.4. The molecule has 0 fully saturated rings. The fraction of sp³-hybridized carbons (Fsp3) is 0.320. The molecule has 0 spiro atoms. The Morgan fingerprint density at radius 1 is 1.22 bits per heavy atom. The first-order valence-corrected chi connectivity index (χ1v) is 11.4. The fourth-order valence-corrected chi connectivity index (χ4v) is 5.33. The van der Waals surface area contributed by atoms with Gasteiger partial charge in [-0.15, -0.1) is 23.7 Å². The van der Waals surface area contributed by atoms with Crippen molar-refractivity contribution in [2.45, 2.75) is 33.3 Å². The Bertz CT molecular complexity index is 1330. The molecule has 4 aromatic rings. The lowest BCUT2D eigenvalue weighted by Crippen LogP contribution is -2.22. The molecule has 2 aromatic heterocycles.